The Labute approximate surface area is 94.9 Å². The van der Waals surface area contributed by atoms with Crippen LogP contribution in [0.1, 0.15) is 27.2 Å². The number of nitrogens with one attached hydrogen (secondary N) is 1. The van der Waals surface area contributed by atoms with E-state index in [1.165, 1.54) is 7.11 Å². The van der Waals surface area contributed by atoms with Crippen LogP contribution in [0.25, 0.3) is 0 Å². The highest BCUT2D eigenvalue weighted by Crippen LogP contribution is 2.21. The molecule has 1 aliphatic heterocycles. The first-order chi connectivity index (χ1) is 6.94. The summed E-state index contributed by atoms with van der Waals surface area (Å²) in [6.45, 7) is 6.00. The Bertz CT molecular complexity index is 277. The van der Waals surface area contributed by atoms with Crippen molar-refractivity contribution < 1.29 is 9.53 Å². The summed E-state index contributed by atoms with van der Waals surface area (Å²) in [4.78, 5) is 15.5. The number of thioether (sulfide) groups is 1. The smallest absolute Gasteiger partial charge is 0.330 e. The van der Waals surface area contributed by atoms with Crippen LogP contribution in [0.3, 0.4) is 0 Å². The molecule has 0 aromatic heterocycles. The minimum absolute atomic E-state index is 0.0694. The van der Waals surface area contributed by atoms with Gasteiger partial charge < -0.3 is 10.1 Å². The molecular formula is C10H18N2O2S. The van der Waals surface area contributed by atoms with Crippen molar-refractivity contribution in [3.63, 3.8) is 0 Å². The number of amidine groups is 1. The molecule has 1 fully saturated rings. The van der Waals surface area contributed by atoms with E-state index in [2.05, 4.69) is 28.9 Å². The van der Waals surface area contributed by atoms with Crippen molar-refractivity contribution in [2.75, 3.05) is 12.9 Å². The molecule has 0 spiro atoms. The van der Waals surface area contributed by atoms with Gasteiger partial charge in [0, 0.05) is 11.3 Å². The number of rotatable bonds is 2. The summed E-state index contributed by atoms with van der Waals surface area (Å²) in [5.74, 6) is 0.737. The van der Waals surface area contributed by atoms with Crippen molar-refractivity contribution in [1.82, 2.24) is 5.32 Å². The number of nitrogens with zero attached hydrogens (tertiary/aromatic N) is 1. The number of carbonyl (C=O) groups excluding carboxylic acids is 1. The SMILES string of the molecule is COC(=O)C(C)N=C1NC(C)(C)CCS1. The fourth-order valence-corrected chi connectivity index (χ4v) is 2.65. The third-order valence-electron chi connectivity index (χ3n) is 2.26. The Hall–Kier alpha value is -0.710. The fraction of sp³-hybridized carbons (Fsp3) is 0.800. The predicted octanol–water partition coefficient (Wildman–Crippen LogP) is 1.41. The molecule has 4 nitrogen and oxygen atoms in total. The zero-order chi connectivity index (χ0) is 11.5. The van der Waals surface area contributed by atoms with Crippen LogP contribution in [0.5, 0.6) is 0 Å². The maximum absolute atomic E-state index is 11.2. The highest BCUT2D eigenvalue weighted by atomic mass is 32.2. The molecule has 1 aliphatic rings. The molecule has 0 bridgehead atoms. The maximum Gasteiger partial charge on any atom is 0.330 e. The number of aliphatic imine (C=N–C) groups is 1. The molecule has 15 heavy (non-hydrogen) atoms. The molecule has 86 valence electrons. The van der Waals surface area contributed by atoms with Crippen molar-refractivity contribution >= 4 is 22.9 Å². The van der Waals surface area contributed by atoms with Gasteiger partial charge in [0.25, 0.3) is 0 Å². The second-order valence-electron chi connectivity index (χ2n) is 4.24. The van der Waals surface area contributed by atoms with Crippen molar-refractivity contribution in [3.8, 4) is 0 Å². The van der Waals surface area contributed by atoms with Gasteiger partial charge in [0.05, 0.1) is 7.11 Å². The average Bonchev–Trinajstić information content (AvgIpc) is 2.14. The van der Waals surface area contributed by atoms with Crippen molar-refractivity contribution in [2.24, 2.45) is 4.99 Å². The van der Waals surface area contributed by atoms with Crippen molar-refractivity contribution in [3.05, 3.63) is 0 Å². The van der Waals surface area contributed by atoms with Gasteiger partial charge in [-0.3, -0.25) is 0 Å². The van der Waals surface area contributed by atoms with Crippen molar-refractivity contribution in [2.45, 2.75) is 38.8 Å². The lowest BCUT2D eigenvalue weighted by Crippen LogP contribution is -2.46. The van der Waals surface area contributed by atoms with Crippen LogP contribution < -0.4 is 5.32 Å². The van der Waals surface area contributed by atoms with Gasteiger partial charge in [-0.2, -0.15) is 0 Å². The summed E-state index contributed by atoms with van der Waals surface area (Å²) in [6, 6.07) is -0.432. The third kappa shape index (κ3) is 3.74. The highest BCUT2D eigenvalue weighted by Gasteiger charge is 2.25. The molecule has 0 aromatic rings. The number of methoxy groups -OCH3 is 1. The largest absolute Gasteiger partial charge is 0.467 e. The first-order valence-electron chi connectivity index (χ1n) is 5.01. The van der Waals surface area contributed by atoms with E-state index in [4.69, 9.17) is 0 Å². The van der Waals surface area contributed by atoms with E-state index >= 15 is 0 Å². The van der Waals surface area contributed by atoms with Crippen LogP contribution in [0.2, 0.25) is 0 Å². The molecule has 1 atom stereocenters. The van der Waals surface area contributed by atoms with E-state index in [0.717, 1.165) is 17.3 Å². The minimum Gasteiger partial charge on any atom is -0.467 e. The first-order valence-corrected chi connectivity index (χ1v) is 6.00. The van der Waals surface area contributed by atoms with Gasteiger partial charge >= 0.3 is 5.97 Å². The first kappa shape index (κ1) is 12.4. The fourth-order valence-electron chi connectivity index (χ4n) is 1.26. The Morgan fingerprint density at radius 2 is 2.33 bits per heavy atom. The second kappa shape index (κ2) is 4.88. The highest BCUT2D eigenvalue weighted by molar-refractivity contribution is 8.13. The Morgan fingerprint density at radius 1 is 1.67 bits per heavy atom. The zero-order valence-electron chi connectivity index (χ0n) is 9.66. The van der Waals surface area contributed by atoms with Crippen LogP contribution >= 0.6 is 11.8 Å². The van der Waals surface area contributed by atoms with E-state index in [9.17, 15) is 4.79 Å². The number of hydrogen-bond acceptors (Lipinski definition) is 4. The molecule has 5 heteroatoms. The van der Waals surface area contributed by atoms with Gasteiger partial charge in [0.1, 0.15) is 6.04 Å². The van der Waals surface area contributed by atoms with Crippen LogP contribution in [-0.2, 0) is 9.53 Å². The minimum atomic E-state index is -0.432. The topological polar surface area (TPSA) is 50.7 Å². The predicted molar refractivity (Wildman–Crippen MR) is 63.2 cm³/mol. The molecule has 0 saturated carbocycles. The molecule has 0 aliphatic carbocycles. The lowest BCUT2D eigenvalue weighted by molar-refractivity contribution is -0.141. The van der Waals surface area contributed by atoms with E-state index in [1.54, 1.807) is 18.7 Å². The van der Waals surface area contributed by atoms with Crippen LogP contribution in [-0.4, -0.2) is 35.6 Å². The van der Waals surface area contributed by atoms with Gasteiger partial charge in [-0.15, -0.1) is 0 Å². The molecular weight excluding hydrogens is 212 g/mol. The summed E-state index contributed by atoms with van der Waals surface area (Å²) in [7, 11) is 1.38. The van der Waals surface area contributed by atoms with Gasteiger partial charge in [-0.25, -0.2) is 9.79 Å². The number of hydrogen-bond donors (Lipinski definition) is 1. The van der Waals surface area contributed by atoms with E-state index in [-0.39, 0.29) is 11.5 Å². The molecule has 1 heterocycles. The van der Waals surface area contributed by atoms with Gasteiger partial charge in [0.2, 0.25) is 0 Å². The van der Waals surface area contributed by atoms with Crippen LogP contribution in [0.15, 0.2) is 4.99 Å². The van der Waals surface area contributed by atoms with Gasteiger partial charge in [0.15, 0.2) is 5.17 Å². The molecule has 1 saturated heterocycles. The van der Waals surface area contributed by atoms with Crippen LogP contribution in [0, 0.1) is 0 Å². The molecule has 1 N–H and O–H groups in total. The number of ether oxygens (including phenoxy) is 1. The van der Waals surface area contributed by atoms with E-state index in [0.29, 0.717) is 0 Å². The Balaban J connectivity index is 2.63. The monoisotopic (exact) mass is 230 g/mol. The average molecular weight is 230 g/mol. The van der Waals surface area contributed by atoms with Crippen LogP contribution in [0.4, 0.5) is 0 Å². The maximum atomic E-state index is 11.2. The second-order valence-corrected chi connectivity index (χ2v) is 5.32. The summed E-state index contributed by atoms with van der Waals surface area (Å²) in [5, 5.41) is 4.14. The molecule has 1 unspecified atom stereocenters. The zero-order valence-corrected chi connectivity index (χ0v) is 10.5. The van der Waals surface area contributed by atoms with E-state index < -0.39 is 6.04 Å². The Morgan fingerprint density at radius 3 is 2.87 bits per heavy atom. The summed E-state index contributed by atoms with van der Waals surface area (Å²) in [6.07, 6.45) is 1.10. The lowest BCUT2D eigenvalue weighted by atomic mass is 10.0. The Kier molecular flexibility index (Phi) is 4.02. The normalized spacial score (nSPS) is 24.4. The van der Waals surface area contributed by atoms with Gasteiger partial charge in [-0.1, -0.05) is 11.8 Å². The summed E-state index contributed by atoms with van der Waals surface area (Å²) in [5.41, 5.74) is 0.0694. The standard InChI is InChI=1S/C10H18N2O2S/c1-7(8(13)14-4)11-9-12-10(2,3)5-6-15-9/h7H,5-6H2,1-4H3,(H,11,12). The quantitative estimate of drug-likeness (QED) is 0.729. The molecule has 0 amide bonds. The molecule has 0 radical (unpaired) electrons. The number of esters is 1. The summed E-state index contributed by atoms with van der Waals surface area (Å²) >= 11 is 1.65. The van der Waals surface area contributed by atoms with E-state index in [1.807, 2.05) is 0 Å². The lowest BCUT2D eigenvalue weighted by Gasteiger charge is -2.32. The number of carbonyl (C=O) groups is 1. The third-order valence-corrected chi connectivity index (χ3v) is 3.15. The molecule has 1 rings (SSSR count). The van der Waals surface area contributed by atoms with Crippen molar-refractivity contribution in [1.29, 1.82) is 0 Å². The van der Waals surface area contributed by atoms with Gasteiger partial charge in [-0.05, 0) is 27.2 Å². The summed E-state index contributed by atoms with van der Waals surface area (Å²) < 4.78 is 4.62. The molecule has 0 aromatic carbocycles.